The molecular formula is C9H6N4O4. The fourth-order valence-electron chi connectivity index (χ4n) is 1.18. The SMILES string of the molecule is O=C(O)c1ccc(-n2cc([N+](=O)[O-])cn2)nc1. The zero-order valence-corrected chi connectivity index (χ0v) is 8.35. The molecule has 2 aromatic rings. The molecule has 0 atom stereocenters. The number of aromatic nitrogens is 3. The van der Waals surface area contributed by atoms with Crippen LogP contribution in [-0.2, 0) is 0 Å². The van der Waals surface area contributed by atoms with Gasteiger partial charge in [-0.2, -0.15) is 5.10 Å². The Labute approximate surface area is 94.3 Å². The van der Waals surface area contributed by atoms with Crippen molar-refractivity contribution in [2.45, 2.75) is 0 Å². The Hall–Kier alpha value is -2.77. The van der Waals surface area contributed by atoms with Gasteiger partial charge in [0.1, 0.15) is 12.4 Å². The van der Waals surface area contributed by atoms with Gasteiger partial charge < -0.3 is 5.11 Å². The quantitative estimate of drug-likeness (QED) is 0.623. The summed E-state index contributed by atoms with van der Waals surface area (Å²) >= 11 is 0. The number of nitro groups is 1. The van der Waals surface area contributed by atoms with Crippen molar-refractivity contribution in [2.24, 2.45) is 0 Å². The molecule has 8 heteroatoms. The highest BCUT2D eigenvalue weighted by atomic mass is 16.6. The number of hydrogen-bond acceptors (Lipinski definition) is 5. The number of hydrogen-bond donors (Lipinski definition) is 1. The number of aromatic carboxylic acids is 1. The van der Waals surface area contributed by atoms with Gasteiger partial charge in [-0.3, -0.25) is 10.1 Å². The molecule has 0 amide bonds. The molecule has 0 fully saturated rings. The number of carboxylic acid groups (broad SMARTS) is 1. The topological polar surface area (TPSA) is 111 Å². The highest BCUT2D eigenvalue weighted by molar-refractivity contribution is 5.87. The number of nitrogens with zero attached hydrogens (tertiary/aromatic N) is 4. The molecule has 0 saturated carbocycles. The van der Waals surface area contributed by atoms with E-state index in [1.54, 1.807) is 0 Å². The van der Waals surface area contributed by atoms with Crippen LogP contribution in [0.3, 0.4) is 0 Å². The molecular weight excluding hydrogens is 228 g/mol. The fraction of sp³-hybridized carbons (Fsp3) is 0. The van der Waals surface area contributed by atoms with Gasteiger partial charge in [0.25, 0.3) is 0 Å². The molecule has 0 unspecified atom stereocenters. The Kier molecular flexibility index (Phi) is 2.53. The van der Waals surface area contributed by atoms with E-state index >= 15 is 0 Å². The Morgan fingerprint density at radius 1 is 1.41 bits per heavy atom. The molecule has 8 nitrogen and oxygen atoms in total. The molecule has 17 heavy (non-hydrogen) atoms. The monoisotopic (exact) mass is 234 g/mol. The lowest BCUT2D eigenvalue weighted by atomic mass is 10.3. The van der Waals surface area contributed by atoms with Crippen LogP contribution in [0.15, 0.2) is 30.7 Å². The zero-order chi connectivity index (χ0) is 12.4. The molecule has 0 aliphatic heterocycles. The maximum Gasteiger partial charge on any atom is 0.337 e. The van der Waals surface area contributed by atoms with E-state index in [4.69, 9.17) is 5.11 Å². The van der Waals surface area contributed by atoms with Crippen molar-refractivity contribution in [1.29, 1.82) is 0 Å². The van der Waals surface area contributed by atoms with Crippen LogP contribution < -0.4 is 0 Å². The third kappa shape index (κ3) is 2.09. The lowest BCUT2D eigenvalue weighted by Crippen LogP contribution is -2.01. The second-order valence-corrected chi connectivity index (χ2v) is 3.11. The van der Waals surface area contributed by atoms with Crippen molar-refractivity contribution >= 4 is 11.7 Å². The summed E-state index contributed by atoms with van der Waals surface area (Å²) in [7, 11) is 0. The van der Waals surface area contributed by atoms with Gasteiger partial charge in [0.2, 0.25) is 0 Å². The maximum absolute atomic E-state index is 10.6. The third-order valence-electron chi connectivity index (χ3n) is 2.01. The van der Waals surface area contributed by atoms with E-state index in [0.29, 0.717) is 5.82 Å². The Morgan fingerprint density at radius 2 is 2.18 bits per heavy atom. The van der Waals surface area contributed by atoms with Gasteiger partial charge in [0, 0.05) is 6.20 Å². The Bertz CT molecular complexity index is 575. The summed E-state index contributed by atoms with van der Waals surface area (Å²) < 4.78 is 1.20. The van der Waals surface area contributed by atoms with Crippen molar-refractivity contribution in [3.63, 3.8) is 0 Å². The van der Waals surface area contributed by atoms with Crippen molar-refractivity contribution in [3.8, 4) is 5.82 Å². The molecule has 0 radical (unpaired) electrons. The minimum absolute atomic E-state index is 0.0374. The molecule has 0 spiro atoms. The van der Waals surface area contributed by atoms with E-state index in [1.165, 1.54) is 23.0 Å². The molecule has 2 heterocycles. The zero-order valence-electron chi connectivity index (χ0n) is 8.35. The van der Waals surface area contributed by atoms with Crippen LogP contribution in [0.2, 0.25) is 0 Å². The number of rotatable bonds is 3. The van der Waals surface area contributed by atoms with Crippen LogP contribution in [0.25, 0.3) is 5.82 Å². The van der Waals surface area contributed by atoms with Crippen molar-refractivity contribution in [2.75, 3.05) is 0 Å². The van der Waals surface area contributed by atoms with Gasteiger partial charge in [-0.05, 0) is 12.1 Å². The molecule has 0 aliphatic rings. The molecule has 2 aromatic heterocycles. The van der Waals surface area contributed by atoms with E-state index in [9.17, 15) is 14.9 Å². The predicted octanol–water partition coefficient (Wildman–Crippen LogP) is 0.874. The van der Waals surface area contributed by atoms with Gasteiger partial charge >= 0.3 is 11.7 Å². The number of pyridine rings is 1. The second-order valence-electron chi connectivity index (χ2n) is 3.11. The van der Waals surface area contributed by atoms with E-state index in [2.05, 4.69) is 10.1 Å². The van der Waals surface area contributed by atoms with Crippen LogP contribution in [0.4, 0.5) is 5.69 Å². The van der Waals surface area contributed by atoms with Crippen molar-refractivity contribution in [1.82, 2.24) is 14.8 Å². The lowest BCUT2D eigenvalue weighted by molar-refractivity contribution is -0.384. The Morgan fingerprint density at radius 3 is 2.65 bits per heavy atom. The first kappa shape index (κ1) is 10.7. The summed E-state index contributed by atoms with van der Waals surface area (Å²) in [5.41, 5.74) is -0.121. The first-order valence-electron chi connectivity index (χ1n) is 4.47. The normalized spacial score (nSPS) is 10.1. The summed E-state index contributed by atoms with van der Waals surface area (Å²) in [5.74, 6) is -0.779. The average molecular weight is 234 g/mol. The van der Waals surface area contributed by atoms with Crippen molar-refractivity contribution in [3.05, 3.63) is 46.4 Å². The second kappa shape index (κ2) is 4.00. The summed E-state index contributed by atoms with van der Waals surface area (Å²) in [6, 6.07) is 2.76. The summed E-state index contributed by atoms with van der Waals surface area (Å²) in [6.07, 6.45) is 3.45. The molecule has 86 valence electrons. The molecule has 0 aromatic carbocycles. The predicted molar refractivity (Wildman–Crippen MR) is 55.0 cm³/mol. The van der Waals surface area contributed by atoms with Crippen molar-refractivity contribution < 1.29 is 14.8 Å². The van der Waals surface area contributed by atoms with E-state index < -0.39 is 10.9 Å². The minimum atomic E-state index is -1.09. The summed E-state index contributed by atoms with van der Waals surface area (Å²) in [5, 5.41) is 22.9. The molecule has 0 saturated heterocycles. The minimum Gasteiger partial charge on any atom is -0.478 e. The summed E-state index contributed by atoms with van der Waals surface area (Å²) in [6.45, 7) is 0. The lowest BCUT2D eigenvalue weighted by Gasteiger charge is -1.99. The van der Waals surface area contributed by atoms with E-state index in [0.717, 1.165) is 12.4 Å². The molecule has 0 aliphatic carbocycles. The Balaban J connectivity index is 2.33. The van der Waals surface area contributed by atoms with Gasteiger partial charge in [-0.25, -0.2) is 14.5 Å². The first-order chi connectivity index (χ1) is 8.08. The van der Waals surface area contributed by atoms with Gasteiger partial charge in [-0.15, -0.1) is 0 Å². The summed E-state index contributed by atoms with van der Waals surface area (Å²) in [4.78, 5) is 24.3. The first-order valence-corrected chi connectivity index (χ1v) is 4.47. The highest BCUT2D eigenvalue weighted by Crippen LogP contribution is 2.12. The van der Waals surface area contributed by atoms with Crippen LogP contribution in [0, 0.1) is 10.1 Å². The largest absolute Gasteiger partial charge is 0.478 e. The van der Waals surface area contributed by atoms with Crippen LogP contribution in [-0.4, -0.2) is 30.8 Å². The van der Waals surface area contributed by atoms with Crippen LogP contribution in [0.5, 0.6) is 0 Å². The van der Waals surface area contributed by atoms with Gasteiger partial charge in [0.05, 0.1) is 10.5 Å². The maximum atomic E-state index is 10.6. The van der Waals surface area contributed by atoms with E-state index in [-0.39, 0.29) is 11.3 Å². The van der Waals surface area contributed by atoms with Gasteiger partial charge in [-0.1, -0.05) is 0 Å². The van der Waals surface area contributed by atoms with Gasteiger partial charge in [0.15, 0.2) is 5.82 Å². The number of carbonyl (C=O) groups is 1. The number of carboxylic acids is 1. The fourth-order valence-corrected chi connectivity index (χ4v) is 1.18. The molecule has 2 rings (SSSR count). The molecule has 0 bridgehead atoms. The van der Waals surface area contributed by atoms with Crippen LogP contribution in [0.1, 0.15) is 10.4 Å². The third-order valence-corrected chi connectivity index (χ3v) is 2.01. The molecule has 1 N–H and O–H groups in total. The average Bonchev–Trinajstić information content (AvgIpc) is 2.78. The standard InChI is InChI=1S/C9H6N4O4/c14-9(15)6-1-2-8(10-3-6)12-5-7(4-11-12)13(16)17/h1-5H,(H,14,15). The van der Waals surface area contributed by atoms with Crippen LogP contribution >= 0.6 is 0 Å². The smallest absolute Gasteiger partial charge is 0.337 e. The highest BCUT2D eigenvalue weighted by Gasteiger charge is 2.11. The van der Waals surface area contributed by atoms with E-state index in [1.807, 2.05) is 0 Å².